The highest BCUT2D eigenvalue weighted by Crippen LogP contribution is 2.38. The number of nitrogens with zero attached hydrogens (tertiary/aromatic N) is 2. The van der Waals surface area contributed by atoms with Crippen molar-refractivity contribution in [3.8, 4) is 5.88 Å². The van der Waals surface area contributed by atoms with E-state index in [0.29, 0.717) is 11.7 Å². The van der Waals surface area contributed by atoms with Crippen molar-refractivity contribution >= 4 is 21.5 Å². The van der Waals surface area contributed by atoms with Crippen LogP contribution in [0.15, 0.2) is 29.3 Å². The Bertz CT molecular complexity index is 1250. The molecular weight excluding hydrogens is 435 g/mol. The van der Waals surface area contributed by atoms with E-state index in [1.807, 2.05) is 12.3 Å². The third-order valence-corrected chi connectivity index (χ3v) is 7.64. The predicted molar refractivity (Wildman–Crippen MR) is 116 cm³/mol. The van der Waals surface area contributed by atoms with Gasteiger partial charge < -0.3 is 10.1 Å². The highest BCUT2D eigenvalue weighted by atomic mass is 32.2. The molecule has 11 heteroatoms. The molecule has 1 aliphatic carbocycles. The number of aromatic nitrogens is 4. The summed E-state index contributed by atoms with van der Waals surface area (Å²) >= 11 is 0. The van der Waals surface area contributed by atoms with Crippen molar-refractivity contribution in [3.05, 3.63) is 47.0 Å². The quantitative estimate of drug-likeness (QED) is 0.445. The number of nitrogens with one attached hydrogen (secondary N) is 4. The average Bonchev–Trinajstić information content (AvgIpc) is 3.52. The van der Waals surface area contributed by atoms with Crippen molar-refractivity contribution in [3.63, 3.8) is 0 Å². The van der Waals surface area contributed by atoms with Gasteiger partial charge >= 0.3 is 0 Å². The Kier molecular flexibility index (Phi) is 5.17. The highest BCUT2D eigenvalue weighted by Gasteiger charge is 2.31. The largest absolute Gasteiger partial charge is 0.474 e. The van der Waals surface area contributed by atoms with Crippen LogP contribution in [0.1, 0.15) is 61.8 Å². The number of sulfonamides is 1. The lowest BCUT2D eigenvalue weighted by atomic mass is 10.0. The monoisotopic (exact) mass is 460 g/mol. The lowest BCUT2D eigenvalue weighted by Gasteiger charge is -2.14. The van der Waals surface area contributed by atoms with E-state index in [4.69, 9.17) is 4.74 Å². The Balaban J connectivity index is 1.26. The molecule has 3 heterocycles. The number of halogens is 1. The van der Waals surface area contributed by atoms with Crippen molar-refractivity contribution in [1.82, 2.24) is 25.1 Å². The first-order chi connectivity index (χ1) is 15.3. The molecule has 0 saturated heterocycles. The predicted octanol–water partition coefficient (Wildman–Crippen LogP) is 3.65. The second kappa shape index (κ2) is 7.89. The van der Waals surface area contributed by atoms with Gasteiger partial charge in [-0.25, -0.2) is 22.6 Å². The van der Waals surface area contributed by atoms with Crippen molar-refractivity contribution in [2.24, 2.45) is 0 Å². The topological polar surface area (TPSA) is 125 Å². The summed E-state index contributed by atoms with van der Waals surface area (Å²) in [4.78, 5) is -0.0156. The van der Waals surface area contributed by atoms with E-state index < -0.39 is 15.8 Å². The fourth-order valence-electron chi connectivity index (χ4n) is 4.39. The molecule has 32 heavy (non-hydrogen) atoms. The lowest BCUT2D eigenvalue weighted by Crippen LogP contribution is -2.13. The maximum atomic E-state index is 14.8. The molecular formula is C21H25FN6O3S. The number of anilines is 2. The van der Waals surface area contributed by atoms with Gasteiger partial charge in [0, 0.05) is 35.3 Å². The van der Waals surface area contributed by atoms with Gasteiger partial charge in [-0.2, -0.15) is 10.2 Å². The molecule has 1 aliphatic heterocycles. The average molecular weight is 461 g/mol. The Morgan fingerprint density at radius 3 is 2.91 bits per heavy atom. The summed E-state index contributed by atoms with van der Waals surface area (Å²) in [5.74, 6) is 1.22. The second-order valence-electron chi connectivity index (χ2n) is 8.62. The van der Waals surface area contributed by atoms with Crippen LogP contribution in [-0.4, -0.2) is 34.9 Å². The van der Waals surface area contributed by atoms with Gasteiger partial charge in [0.25, 0.3) is 0 Å². The molecule has 1 fully saturated rings. The van der Waals surface area contributed by atoms with Gasteiger partial charge in [-0.3, -0.25) is 5.10 Å². The minimum absolute atomic E-state index is 0.0156. The van der Waals surface area contributed by atoms with Crippen LogP contribution in [0.4, 0.5) is 15.9 Å². The molecule has 1 aromatic carbocycles. The van der Waals surface area contributed by atoms with Crippen LogP contribution >= 0.6 is 0 Å². The van der Waals surface area contributed by atoms with E-state index in [1.54, 1.807) is 0 Å². The number of fused-ring (bicyclic) bond motifs is 1. The summed E-state index contributed by atoms with van der Waals surface area (Å²) in [6.45, 7) is 4.16. The molecule has 0 amide bonds. The SMILES string of the molecule is CC(C)c1cn[nH]c1O[C@@H]1CC[C@H](c2cc(Nc3ccc4c(c3F)CNS4(=O)=O)n[nH]2)C1. The van der Waals surface area contributed by atoms with Gasteiger partial charge in [0.05, 0.1) is 16.8 Å². The molecule has 0 radical (unpaired) electrons. The Hall–Kier alpha value is -2.92. The first-order valence-electron chi connectivity index (χ1n) is 10.6. The van der Waals surface area contributed by atoms with E-state index in [1.165, 1.54) is 12.1 Å². The van der Waals surface area contributed by atoms with E-state index in [0.717, 1.165) is 36.4 Å². The zero-order chi connectivity index (χ0) is 22.5. The number of ether oxygens (including phenoxy) is 1. The lowest BCUT2D eigenvalue weighted by molar-refractivity contribution is 0.196. The first kappa shape index (κ1) is 21.0. The standard InChI is InChI=1S/C21H25FN6O3S/c1-11(2)14-9-23-28-21(14)31-13-4-3-12(7-13)17-8-19(27-26-17)25-16-5-6-18-15(20(16)22)10-24-32(18,29)30/h5-6,8-9,11-13,24H,3-4,7,10H2,1-2H3,(H,23,28)(H2,25,26,27)/t12-,13+/m0/s1. The molecule has 9 nitrogen and oxygen atoms in total. The van der Waals surface area contributed by atoms with Gasteiger partial charge in [0.15, 0.2) is 11.6 Å². The molecule has 170 valence electrons. The van der Waals surface area contributed by atoms with Gasteiger partial charge in [0.1, 0.15) is 6.10 Å². The number of hydrogen-bond acceptors (Lipinski definition) is 6. The molecule has 0 spiro atoms. The third kappa shape index (κ3) is 3.75. The molecule has 2 atom stereocenters. The summed E-state index contributed by atoms with van der Waals surface area (Å²) in [5, 5.41) is 17.3. The van der Waals surface area contributed by atoms with Crippen LogP contribution in [0.25, 0.3) is 0 Å². The molecule has 2 aliphatic rings. The van der Waals surface area contributed by atoms with Crippen molar-refractivity contribution in [1.29, 1.82) is 0 Å². The molecule has 3 aromatic rings. The molecule has 0 unspecified atom stereocenters. The summed E-state index contributed by atoms with van der Waals surface area (Å²) in [6.07, 6.45) is 4.61. The molecule has 1 saturated carbocycles. The second-order valence-corrected chi connectivity index (χ2v) is 10.4. The summed E-state index contributed by atoms with van der Waals surface area (Å²) in [7, 11) is -3.61. The van der Waals surface area contributed by atoms with Crippen LogP contribution in [0, 0.1) is 5.82 Å². The zero-order valence-corrected chi connectivity index (χ0v) is 18.6. The number of benzene rings is 1. The van der Waals surface area contributed by atoms with Gasteiger partial charge in [-0.1, -0.05) is 13.8 Å². The Labute approximate surface area is 185 Å². The van der Waals surface area contributed by atoms with E-state index in [2.05, 4.69) is 44.3 Å². The molecule has 5 rings (SSSR count). The van der Waals surface area contributed by atoms with Crippen molar-refractivity contribution < 1.29 is 17.5 Å². The van der Waals surface area contributed by atoms with E-state index in [9.17, 15) is 12.8 Å². The van der Waals surface area contributed by atoms with Crippen LogP contribution in [0.3, 0.4) is 0 Å². The maximum absolute atomic E-state index is 14.8. The van der Waals surface area contributed by atoms with Crippen molar-refractivity contribution in [2.75, 3.05) is 5.32 Å². The fraction of sp³-hybridized carbons (Fsp3) is 0.429. The minimum Gasteiger partial charge on any atom is -0.474 e. The number of hydrogen-bond donors (Lipinski definition) is 4. The first-order valence-corrected chi connectivity index (χ1v) is 12.1. The molecule has 4 N–H and O–H groups in total. The Morgan fingerprint density at radius 1 is 1.25 bits per heavy atom. The van der Waals surface area contributed by atoms with Crippen LogP contribution in [0.5, 0.6) is 5.88 Å². The summed E-state index contributed by atoms with van der Waals surface area (Å²) < 4.78 is 47.0. The van der Waals surface area contributed by atoms with Gasteiger partial charge in [-0.15, -0.1) is 0 Å². The Morgan fingerprint density at radius 2 is 2.09 bits per heavy atom. The highest BCUT2D eigenvalue weighted by molar-refractivity contribution is 7.89. The fourth-order valence-corrected chi connectivity index (χ4v) is 5.62. The van der Waals surface area contributed by atoms with Crippen LogP contribution in [-0.2, 0) is 16.6 Å². The van der Waals surface area contributed by atoms with E-state index >= 15 is 0 Å². The minimum atomic E-state index is -3.61. The summed E-state index contributed by atoms with van der Waals surface area (Å²) in [6, 6.07) is 4.69. The van der Waals surface area contributed by atoms with Crippen molar-refractivity contribution in [2.45, 2.75) is 62.5 Å². The number of rotatable bonds is 6. The molecule has 2 aromatic heterocycles. The zero-order valence-electron chi connectivity index (χ0n) is 17.8. The van der Waals surface area contributed by atoms with Gasteiger partial charge in [0.2, 0.25) is 15.9 Å². The van der Waals surface area contributed by atoms with Crippen LogP contribution in [0.2, 0.25) is 0 Å². The third-order valence-electron chi connectivity index (χ3n) is 6.15. The van der Waals surface area contributed by atoms with E-state index in [-0.39, 0.29) is 34.7 Å². The smallest absolute Gasteiger partial charge is 0.241 e. The normalized spacial score (nSPS) is 21.8. The number of H-pyrrole nitrogens is 2. The summed E-state index contributed by atoms with van der Waals surface area (Å²) in [5.41, 5.74) is 2.36. The maximum Gasteiger partial charge on any atom is 0.241 e. The van der Waals surface area contributed by atoms with Gasteiger partial charge in [-0.05, 0) is 37.3 Å². The van der Waals surface area contributed by atoms with Crippen LogP contribution < -0.4 is 14.8 Å². The number of aromatic amines is 2. The molecule has 0 bridgehead atoms.